The Labute approximate surface area is 200 Å². The van der Waals surface area contributed by atoms with Crippen LogP contribution in [0.5, 0.6) is 0 Å². The fraction of sp³-hybridized carbons (Fsp3) is 0.269. The lowest BCUT2D eigenvalue weighted by molar-refractivity contribution is -0.132. The first-order valence-electron chi connectivity index (χ1n) is 11.0. The maximum absolute atomic E-state index is 13.7. The van der Waals surface area contributed by atoms with Crippen LogP contribution >= 0.6 is 0 Å². The van der Waals surface area contributed by atoms with Crippen molar-refractivity contribution >= 4 is 28.5 Å². The molecular weight excluding hydrogens is 454 g/mol. The summed E-state index contributed by atoms with van der Waals surface area (Å²) in [6, 6.07) is 14.0. The van der Waals surface area contributed by atoms with Crippen LogP contribution in [0.3, 0.4) is 0 Å². The minimum absolute atomic E-state index is 0.179. The van der Waals surface area contributed by atoms with Gasteiger partial charge in [-0.2, -0.15) is 0 Å². The fourth-order valence-corrected chi connectivity index (χ4v) is 4.22. The molecule has 0 bridgehead atoms. The molecule has 2 aromatic carbocycles. The molecule has 1 fully saturated rings. The number of benzene rings is 2. The Balaban J connectivity index is 1.57. The first-order valence-corrected chi connectivity index (χ1v) is 11.0. The van der Waals surface area contributed by atoms with Crippen LogP contribution < -0.4 is 5.32 Å². The number of pyridine rings is 1. The molecular formula is C26H22F2N4O3. The lowest BCUT2D eigenvalue weighted by Gasteiger charge is -2.16. The standard InChI is InChI=1S/C26H22F2N4O3/c1-29-23-14-26(27,28)15-32(23)24(34)9-8-22(33)19-10-11-31-21-7-6-17(13-20(19)21)16-4-3-5-18(12-16)25(35)30-2/h3-7,10-13,23H,8-9,14-15H2,2H3,(H,30,35)/t23-/m0/s1. The van der Waals surface area contributed by atoms with Crippen molar-refractivity contribution in [1.29, 1.82) is 0 Å². The summed E-state index contributed by atoms with van der Waals surface area (Å²) >= 11 is 0. The van der Waals surface area contributed by atoms with Crippen LogP contribution in [-0.2, 0) is 4.79 Å². The van der Waals surface area contributed by atoms with Gasteiger partial charge in [-0.15, -0.1) is 0 Å². The molecule has 4 rings (SSSR count). The number of amides is 2. The van der Waals surface area contributed by atoms with E-state index in [1.165, 1.54) is 6.20 Å². The van der Waals surface area contributed by atoms with Gasteiger partial charge in [-0.05, 0) is 41.5 Å². The van der Waals surface area contributed by atoms with Crippen molar-refractivity contribution in [3.05, 3.63) is 77.3 Å². The first kappa shape index (κ1) is 24.0. The quantitative estimate of drug-likeness (QED) is 0.424. The van der Waals surface area contributed by atoms with Crippen molar-refractivity contribution in [2.75, 3.05) is 13.6 Å². The molecule has 2 heterocycles. The fourth-order valence-electron chi connectivity index (χ4n) is 4.22. The summed E-state index contributed by atoms with van der Waals surface area (Å²) in [7, 11) is 1.55. The number of Topliss-reactive ketones (excluding diaryl/α,β-unsaturated/α-hetero) is 1. The molecule has 2 amide bonds. The van der Waals surface area contributed by atoms with Gasteiger partial charge in [0.25, 0.3) is 11.8 Å². The minimum Gasteiger partial charge on any atom is -0.355 e. The van der Waals surface area contributed by atoms with Crippen molar-refractivity contribution in [2.45, 2.75) is 31.4 Å². The van der Waals surface area contributed by atoms with E-state index >= 15 is 0 Å². The second-order valence-electron chi connectivity index (χ2n) is 8.36. The van der Waals surface area contributed by atoms with Gasteiger partial charge in [-0.3, -0.25) is 29.1 Å². The molecule has 1 saturated heterocycles. The maximum atomic E-state index is 13.7. The SMILES string of the molecule is [C-]#[N+][C@@H]1CC(F)(F)CN1C(=O)CCC(=O)c1ccnc2ccc(-c3cccc(C(=O)NC)c3)cc12. The van der Waals surface area contributed by atoms with Crippen molar-refractivity contribution < 1.29 is 23.2 Å². The molecule has 1 aliphatic rings. The van der Waals surface area contributed by atoms with E-state index in [4.69, 9.17) is 6.57 Å². The summed E-state index contributed by atoms with van der Waals surface area (Å²) in [6.07, 6.45) is -0.837. The van der Waals surface area contributed by atoms with Gasteiger partial charge < -0.3 is 5.32 Å². The Hall–Kier alpha value is -4.19. The van der Waals surface area contributed by atoms with Crippen molar-refractivity contribution in [2.24, 2.45) is 0 Å². The Bertz CT molecular complexity index is 1370. The number of nitrogens with zero attached hydrogens (tertiary/aromatic N) is 3. The number of hydrogen-bond donors (Lipinski definition) is 1. The van der Waals surface area contributed by atoms with E-state index < -0.39 is 31.0 Å². The normalized spacial score (nSPS) is 16.6. The Morgan fingerprint density at radius 3 is 2.66 bits per heavy atom. The highest BCUT2D eigenvalue weighted by molar-refractivity contribution is 6.08. The maximum Gasteiger partial charge on any atom is 0.306 e. The van der Waals surface area contributed by atoms with E-state index in [9.17, 15) is 23.2 Å². The zero-order chi connectivity index (χ0) is 25.2. The molecule has 9 heteroatoms. The molecule has 0 radical (unpaired) electrons. The molecule has 3 aromatic rings. The predicted octanol–water partition coefficient (Wildman–Crippen LogP) is 4.34. The van der Waals surface area contributed by atoms with Crippen molar-refractivity contribution in [3.8, 4) is 11.1 Å². The summed E-state index contributed by atoms with van der Waals surface area (Å²) in [5, 5.41) is 3.17. The van der Waals surface area contributed by atoms with E-state index in [0.29, 0.717) is 22.0 Å². The number of halogens is 2. The number of carbonyl (C=O) groups excluding carboxylic acids is 3. The molecule has 35 heavy (non-hydrogen) atoms. The average molecular weight is 476 g/mol. The second-order valence-corrected chi connectivity index (χ2v) is 8.36. The van der Waals surface area contributed by atoms with Crippen LogP contribution in [-0.4, -0.2) is 53.2 Å². The van der Waals surface area contributed by atoms with E-state index in [1.54, 1.807) is 43.4 Å². The third-order valence-corrected chi connectivity index (χ3v) is 6.01. The lowest BCUT2D eigenvalue weighted by Crippen LogP contribution is -2.35. The number of alkyl halides is 2. The summed E-state index contributed by atoms with van der Waals surface area (Å²) in [5.74, 6) is -4.28. The number of carbonyl (C=O) groups is 3. The number of ketones is 1. The molecule has 0 spiro atoms. The van der Waals surface area contributed by atoms with Crippen LogP contribution in [0.2, 0.25) is 0 Å². The summed E-state index contributed by atoms with van der Waals surface area (Å²) in [6.45, 7) is 6.28. The van der Waals surface area contributed by atoms with E-state index in [2.05, 4.69) is 15.1 Å². The molecule has 1 aromatic heterocycles. The van der Waals surface area contributed by atoms with Gasteiger partial charge in [-0.1, -0.05) is 18.2 Å². The number of aromatic nitrogens is 1. The Kier molecular flexibility index (Phi) is 6.56. The Morgan fingerprint density at radius 2 is 1.91 bits per heavy atom. The second kappa shape index (κ2) is 9.58. The molecule has 0 aliphatic carbocycles. The van der Waals surface area contributed by atoms with E-state index in [0.717, 1.165) is 16.0 Å². The van der Waals surface area contributed by atoms with Gasteiger partial charge in [0, 0.05) is 42.6 Å². The molecule has 1 atom stereocenters. The highest BCUT2D eigenvalue weighted by Crippen LogP contribution is 2.33. The number of hydrogen-bond acceptors (Lipinski definition) is 4. The lowest BCUT2D eigenvalue weighted by atomic mass is 9.97. The molecule has 1 N–H and O–H groups in total. The molecule has 0 saturated carbocycles. The average Bonchev–Trinajstić information content (AvgIpc) is 3.20. The van der Waals surface area contributed by atoms with Crippen molar-refractivity contribution in [3.63, 3.8) is 0 Å². The molecule has 1 aliphatic heterocycles. The summed E-state index contributed by atoms with van der Waals surface area (Å²) in [4.78, 5) is 45.8. The van der Waals surface area contributed by atoms with Crippen LogP contribution in [0.25, 0.3) is 26.9 Å². The number of fused-ring (bicyclic) bond motifs is 1. The zero-order valence-electron chi connectivity index (χ0n) is 18.9. The number of likely N-dealkylation sites (tertiary alicyclic amines) is 1. The monoisotopic (exact) mass is 476 g/mol. The predicted molar refractivity (Wildman–Crippen MR) is 126 cm³/mol. The summed E-state index contributed by atoms with van der Waals surface area (Å²) < 4.78 is 27.3. The molecule has 0 unspecified atom stereocenters. The van der Waals surface area contributed by atoms with Gasteiger partial charge in [0.05, 0.1) is 12.1 Å². The van der Waals surface area contributed by atoms with Gasteiger partial charge >= 0.3 is 6.17 Å². The molecule has 178 valence electrons. The van der Waals surface area contributed by atoms with E-state index in [1.807, 2.05) is 12.1 Å². The Morgan fingerprint density at radius 1 is 1.14 bits per heavy atom. The minimum atomic E-state index is -3.10. The topological polar surface area (TPSA) is 83.7 Å². The number of nitrogens with one attached hydrogen (secondary N) is 1. The van der Waals surface area contributed by atoms with Gasteiger partial charge in [0.1, 0.15) is 6.42 Å². The largest absolute Gasteiger partial charge is 0.355 e. The summed E-state index contributed by atoms with van der Waals surface area (Å²) in [5.41, 5.74) is 3.00. The smallest absolute Gasteiger partial charge is 0.306 e. The first-order chi connectivity index (χ1) is 16.7. The molecule has 7 nitrogen and oxygen atoms in total. The van der Waals surface area contributed by atoms with Crippen LogP contribution in [0.1, 0.15) is 40.0 Å². The van der Waals surface area contributed by atoms with Crippen LogP contribution in [0.4, 0.5) is 8.78 Å². The number of rotatable bonds is 6. The van der Waals surface area contributed by atoms with Gasteiger partial charge in [-0.25, -0.2) is 15.4 Å². The third kappa shape index (κ3) is 5.01. The third-order valence-electron chi connectivity index (χ3n) is 6.01. The van der Waals surface area contributed by atoms with Gasteiger partial charge in [0.15, 0.2) is 5.78 Å². The van der Waals surface area contributed by atoms with Crippen molar-refractivity contribution in [1.82, 2.24) is 15.2 Å². The highest BCUT2D eigenvalue weighted by atomic mass is 19.3. The van der Waals surface area contributed by atoms with Crippen LogP contribution in [0.15, 0.2) is 54.7 Å². The zero-order valence-corrected chi connectivity index (χ0v) is 18.9. The van der Waals surface area contributed by atoms with Gasteiger partial charge in [0.2, 0.25) is 5.91 Å². The van der Waals surface area contributed by atoms with Crippen LogP contribution in [0, 0.1) is 6.57 Å². The van der Waals surface area contributed by atoms with E-state index in [-0.39, 0.29) is 24.5 Å². The highest BCUT2D eigenvalue weighted by Gasteiger charge is 2.50.